The maximum atomic E-state index is 12.4. The lowest BCUT2D eigenvalue weighted by molar-refractivity contribution is -0.152. The largest absolute Gasteiger partial charge is 0.497 e. The van der Waals surface area contributed by atoms with Crippen LogP contribution in [0.5, 0.6) is 5.75 Å². The number of aryl methyl sites for hydroxylation is 2. The number of fused-ring (bicyclic) bond motifs is 1. The van der Waals surface area contributed by atoms with Gasteiger partial charge < -0.3 is 14.8 Å². The molecule has 0 aliphatic heterocycles. The molecule has 0 radical (unpaired) electrons. The third-order valence-electron chi connectivity index (χ3n) is 4.34. The number of nitrogens with zero attached hydrogens (tertiary/aromatic N) is 4. The molecule has 2 heterocycles. The summed E-state index contributed by atoms with van der Waals surface area (Å²) in [6.45, 7) is 5.15. The number of benzene rings is 1. The summed E-state index contributed by atoms with van der Waals surface area (Å²) >= 11 is 0. The third-order valence-corrected chi connectivity index (χ3v) is 4.34. The molecule has 0 spiro atoms. The van der Waals surface area contributed by atoms with Crippen molar-refractivity contribution in [3.8, 4) is 5.75 Å². The van der Waals surface area contributed by atoms with Gasteiger partial charge in [-0.1, -0.05) is 0 Å². The molecular weight excluding hydrogens is 362 g/mol. The van der Waals surface area contributed by atoms with Gasteiger partial charge in [0, 0.05) is 22.6 Å². The van der Waals surface area contributed by atoms with Gasteiger partial charge in [0.25, 0.3) is 11.7 Å². The van der Waals surface area contributed by atoms with Gasteiger partial charge in [-0.05, 0) is 45.0 Å². The monoisotopic (exact) mass is 383 g/mol. The number of hydrogen-bond acceptors (Lipinski definition) is 7. The summed E-state index contributed by atoms with van der Waals surface area (Å²) in [5.41, 5.74) is 2.71. The molecule has 146 valence electrons. The van der Waals surface area contributed by atoms with E-state index in [1.807, 2.05) is 6.92 Å². The molecule has 0 saturated heterocycles. The van der Waals surface area contributed by atoms with Gasteiger partial charge in [0.15, 0.2) is 6.10 Å². The van der Waals surface area contributed by atoms with E-state index >= 15 is 0 Å². The number of aromatic nitrogens is 4. The Morgan fingerprint density at radius 1 is 1.21 bits per heavy atom. The number of anilines is 1. The van der Waals surface area contributed by atoms with E-state index in [0.717, 1.165) is 5.69 Å². The molecule has 0 aliphatic rings. The minimum atomic E-state index is -0.946. The van der Waals surface area contributed by atoms with Gasteiger partial charge in [0.05, 0.1) is 13.5 Å². The number of ether oxygens (including phenoxy) is 2. The number of amides is 1. The summed E-state index contributed by atoms with van der Waals surface area (Å²) in [4.78, 5) is 33.0. The average molecular weight is 383 g/mol. The van der Waals surface area contributed by atoms with Gasteiger partial charge in [-0.2, -0.15) is 10.1 Å². The lowest BCUT2D eigenvalue weighted by Crippen LogP contribution is -2.30. The molecule has 1 aromatic carbocycles. The maximum Gasteiger partial charge on any atom is 0.311 e. The molecule has 0 saturated carbocycles. The van der Waals surface area contributed by atoms with E-state index in [9.17, 15) is 9.59 Å². The lowest BCUT2D eigenvalue weighted by atomic mass is 10.1. The van der Waals surface area contributed by atoms with Gasteiger partial charge in [-0.3, -0.25) is 9.59 Å². The van der Waals surface area contributed by atoms with Crippen molar-refractivity contribution in [1.29, 1.82) is 0 Å². The van der Waals surface area contributed by atoms with Gasteiger partial charge in [0.2, 0.25) is 0 Å². The number of nitrogens with one attached hydrogen (secondary N) is 1. The minimum absolute atomic E-state index is 0.0133. The average Bonchev–Trinajstić information content (AvgIpc) is 3.14. The van der Waals surface area contributed by atoms with E-state index < -0.39 is 18.0 Å². The highest BCUT2D eigenvalue weighted by Gasteiger charge is 2.21. The number of esters is 1. The SMILES string of the molecule is COc1ccc(NC(=O)[C@H](C)OC(=O)Cc2c(C)nc3ncnn3c2C)cc1. The van der Waals surface area contributed by atoms with Gasteiger partial charge >= 0.3 is 5.97 Å². The van der Waals surface area contributed by atoms with Crippen molar-refractivity contribution >= 4 is 23.3 Å². The minimum Gasteiger partial charge on any atom is -0.497 e. The highest BCUT2D eigenvalue weighted by Crippen LogP contribution is 2.16. The maximum absolute atomic E-state index is 12.4. The molecule has 0 fully saturated rings. The van der Waals surface area contributed by atoms with Gasteiger partial charge in [-0.15, -0.1) is 0 Å². The van der Waals surface area contributed by atoms with Gasteiger partial charge in [-0.25, -0.2) is 9.50 Å². The van der Waals surface area contributed by atoms with Crippen LogP contribution in [0.4, 0.5) is 5.69 Å². The Bertz CT molecular complexity index is 1010. The van der Waals surface area contributed by atoms with Gasteiger partial charge in [0.1, 0.15) is 12.1 Å². The zero-order chi connectivity index (χ0) is 20.3. The highest BCUT2D eigenvalue weighted by molar-refractivity contribution is 5.95. The topological polar surface area (TPSA) is 108 Å². The Morgan fingerprint density at radius 2 is 1.93 bits per heavy atom. The molecule has 2 aromatic heterocycles. The molecule has 3 aromatic rings. The first-order valence-corrected chi connectivity index (χ1v) is 8.69. The van der Waals surface area contributed by atoms with Crippen LogP contribution in [0.1, 0.15) is 23.9 Å². The lowest BCUT2D eigenvalue weighted by Gasteiger charge is -2.15. The smallest absolute Gasteiger partial charge is 0.311 e. The second-order valence-electron chi connectivity index (χ2n) is 6.26. The Hall–Kier alpha value is -3.49. The Labute approximate surface area is 161 Å². The van der Waals surface area contributed by atoms with Crippen LogP contribution in [-0.4, -0.2) is 44.7 Å². The Kier molecular flexibility index (Phi) is 5.53. The predicted octanol–water partition coefficient (Wildman–Crippen LogP) is 1.86. The van der Waals surface area contributed by atoms with E-state index in [1.54, 1.807) is 42.8 Å². The fourth-order valence-corrected chi connectivity index (χ4v) is 2.77. The fraction of sp³-hybridized carbons (Fsp3) is 0.316. The van der Waals surface area contributed by atoms with Crippen LogP contribution in [0.3, 0.4) is 0 Å². The number of hydrogen-bond donors (Lipinski definition) is 1. The van der Waals surface area contributed by atoms with E-state index in [0.29, 0.717) is 28.5 Å². The first-order valence-electron chi connectivity index (χ1n) is 8.69. The van der Waals surface area contributed by atoms with Crippen molar-refractivity contribution in [3.05, 3.63) is 47.5 Å². The summed E-state index contributed by atoms with van der Waals surface area (Å²) in [5, 5.41) is 6.79. The number of carbonyl (C=O) groups excluding carboxylic acids is 2. The Morgan fingerprint density at radius 3 is 2.61 bits per heavy atom. The Balaban J connectivity index is 1.63. The van der Waals surface area contributed by atoms with Crippen molar-refractivity contribution in [3.63, 3.8) is 0 Å². The fourth-order valence-electron chi connectivity index (χ4n) is 2.77. The summed E-state index contributed by atoms with van der Waals surface area (Å²) in [7, 11) is 1.56. The van der Waals surface area contributed by atoms with Crippen LogP contribution in [0, 0.1) is 13.8 Å². The van der Waals surface area contributed by atoms with Crippen LogP contribution in [0.15, 0.2) is 30.6 Å². The van der Waals surface area contributed by atoms with E-state index in [-0.39, 0.29) is 6.42 Å². The summed E-state index contributed by atoms with van der Waals surface area (Å²) in [5.74, 6) is 0.210. The van der Waals surface area contributed by atoms with Crippen molar-refractivity contribution in [2.75, 3.05) is 12.4 Å². The number of carbonyl (C=O) groups is 2. The van der Waals surface area contributed by atoms with Crippen molar-refractivity contribution in [1.82, 2.24) is 19.6 Å². The molecule has 9 heteroatoms. The van der Waals surface area contributed by atoms with Crippen LogP contribution in [-0.2, 0) is 20.7 Å². The van der Waals surface area contributed by atoms with E-state index in [4.69, 9.17) is 9.47 Å². The molecular formula is C19H21N5O4. The van der Waals surface area contributed by atoms with E-state index in [1.165, 1.54) is 13.3 Å². The number of rotatable bonds is 6. The van der Waals surface area contributed by atoms with Crippen LogP contribution in [0.25, 0.3) is 5.78 Å². The molecule has 3 rings (SSSR count). The zero-order valence-electron chi connectivity index (χ0n) is 16.1. The molecule has 1 atom stereocenters. The normalized spacial score (nSPS) is 11.9. The summed E-state index contributed by atoms with van der Waals surface area (Å²) in [6.07, 6.45) is 0.446. The second kappa shape index (κ2) is 8.03. The van der Waals surface area contributed by atoms with E-state index in [2.05, 4.69) is 20.4 Å². The summed E-state index contributed by atoms with van der Waals surface area (Å²) in [6, 6.07) is 6.87. The molecule has 1 N–H and O–H groups in total. The molecule has 0 unspecified atom stereocenters. The standard InChI is InChI=1S/C19H21N5O4/c1-11-16(12(2)24-19(22-11)20-10-21-24)9-17(25)28-13(3)18(26)23-14-5-7-15(27-4)8-6-14/h5-8,10,13H,9H2,1-4H3,(H,23,26)/t13-/m0/s1. The summed E-state index contributed by atoms with van der Waals surface area (Å²) < 4.78 is 11.9. The van der Waals surface area contributed by atoms with Crippen LogP contribution >= 0.6 is 0 Å². The predicted molar refractivity (Wildman–Crippen MR) is 101 cm³/mol. The molecule has 9 nitrogen and oxygen atoms in total. The van der Waals surface area contributed by atoms with Crippen molar-refractivity contribution in [2.24, 2.45) is 0 Å². The second-order valence-corrected chi connectivity index (χ2v) is 6.26. The molecule has 0 aliphatic carbocycles. The van der Waals surface area contributed by atoms with Crippen molar-refractivity contribution < 1.29 is 19.1 Å². The molecule has 0 bridgehead atoms. The molecule has 1 amide bonds. The quantitative estimate of drug-likeness (QED) is 0.647. The highest BCUT2D eigenvalue weighted by atomic mass is 16.5. The first-order chi connectivity index (χ1) is 13.4. The third kappa shape index (κ3) is 4.08. The number of methoxy groups -OCH3 is 1. The van der Waals surface area contributed by atoms with Crippen LogP contribution in [0.2, 0.25) is 0 Å². The zero-order valence-corrected chi connectivity index (χ0v) is 16.1. The first kappa shape index (κ1) is 19.3. The van der Waals surface area contributed by atoms with Crippen molar-refractivity contribution in [2.45, 2.75) is 33.3 Å². The molecule has 28 heavy (non-hydrogen) atoms. The van der Waals surface area contributed by atoms with Crippen LogP contribution < -0.4 is 10.1 Å².